The topological polar surface area (TPSA) is 21.1 Å². The Morgan fingerprint density at radius 2 is 0.939 bits per heavy atom. The van der Waals surface area contributed by atoms with E-state index in [1.54, 1.807) is 0 Å². The van der Waals surface area contributed by atoms with Crippen molar-refractivity contribution in [3.05, 3.63) is 176 Å². The van der Waals surface area contributed by atoms with Gasteiger partial charge in [0.05, 0.1) is 28.1 Å². The SMILES string of the molecule is Cc1nc2cccc3c2n1-c1ccc(-c2cc(-c4ccc5ccccc5c4)cc(-c4ccc5ccccc5c4)c2)cc1N3c1ccccc1. The lowest BCUT2D eigenvalue weighted by Gasteiger charge is -2.33. The van der Waals surface area contributed by atoms with E-state index in [0.717, 1.165) is 45.2 Å². The largest absolute Gasteiger partial charge is 0.306 e. The number of para-hydroxylation sites is 2. The summed E-state index contributed by atoms with van der Waals surface area (Å²) in [7, 11) is 0. The Kier molecular flexibility index (Phi) is 6.09. The number of hydrogen-bond donors (Lipinski definition) is 0. The van der Waals surface area contributed by atoms with E-state index in [1.807, 2.05) is 0 Å². The predicted octanol–water partition coefficient (Wildman–Crippen LogP) is 12.4. The molecule has 49 heavy (non-hydrogen) atoms. The molecule has 1 aromatic heterocycles. The number of anilines is 3. The smallest absolute Gasteiger partial charge is 0.111 e. The first-order valence-electron chi connectivity index (χ1n) is 16.8. The van der Waals surface area contributed by atoms with Gasteiger partial charge in [0.2, 0.25) is 0 Å². The summed E-state index contributed by atoms with van der Waals surface area (Å²) in [5.74, 6) is 0.987. The zero-order chi connectivity index (χ0) is 32.5. The van der Waals surface area contributed by atoms with Gasteiger partial charge in [-0.25, -0.2) is 4.98 Å². The Bertz CT molecular complexity index is 2640. The van der Waals surface area contributed by atoms with Crippen molar-refractivity contribution in [2.75, 3.05) is 4.90 Å². The van der Waals surface area contributed by atoms with Crippen molar-refractivity contribution in [2.45, 2.75) is 6.92 Å². The maximum Gasteiger partial charge on any atom is 0.111 e. The summed E-state index contributed by atoms with van der Waals surface area (Å²) in [6, 6.07) is 61.8. The van der Waals surface area contributed by atoms with Crippen LogP contribution < -0.4 is 4.90 Å². The van der Waals surface area contributed by atoms with Crippen LogP contribution in [0.2, 0.25) is 0 Å². The highest BCUT2D eigenvalue weighted by Crippen LogP contribution is 2.48. The Morgan fingerprint density at radius 1 is 0.388 bits per heavy atom. The van der Waals surface area contributed by atoms with Gasteiger partial charge in [0, 0.05) is 5.69 Å². The number of hydrogen-bond acceptors (Lipinski definition) is 2. The number of nitrogens with zero attached hydrogens (tertiary/aromatic N) is 3. The lowest BCUT2D eigenvalue weighted by molar-refractivity contribution is 0.982. The third-order valence-corrected chi connectivity index (χ3v) is 9.97. The maximum atomic E-state index is 4.96. The van der Waals surface area contributed by atoms with E-state index in [-0.39, 0.29) is 0 Å². The van der Waals surface area contributed by atoms with Crippen LogP contribution in [0.3, 0.4) is 0 Å². The van der Waals surface area contributed by atoms with Gasteiger partial charge in [-0.15, -0.1) is 0 Å². The molecule has 2 heterocycles. The summed E-state index contributed by atoms with van der Waals surface area (Å²) >= 11 is 0. The molecule has 9 aromatic rings. The molecule has 8 aromatic carbocycles. The number of aryl methyl sites for hydroxylation is 1. The van der Waals surface area contributed by atoms with Crippen LogP contribution in [0.4, 0.5) is 17.1 Å². The minimum atomic E-state index is 0.987. The molecule has 0 saturated carbocycles. The highest BCUT2D eigenvalue weighted by molar-refractivity contribution is 6.02. The molecule has 0 aliphatic carbocycles. The summed E-state index contributed by atoms with van der Waals surface area (Å²) in [4.78, 5) is 7.35. The molecule has 0 bridgehead atoms. The average molecular weight is 626 g/mol. The summed E-state index contributed by atoms with van der Waals surface area (Å²) in [5.41, 5.74) is 13.8. The van der Waals surface area contributed by atoms with Gasteiger partial charge >= 0.3 is 0 Å². The van der Waals surface area contributed by atoms with Crippen molar-refractivity contribution in [3.63, 3.8) is 0 Å². The monoisotopic (exact) mass is 625 g/mol. The van der Waals surface area contributed by atoms with Crippen LogP contribution in [0.5, 0.6) is 0 Å². The highest BCUT2D eigenvalue weighted by Gasteiger charge is 2.28. The van der Waals surface area contributed by atoms with Gasteiger partial charge in [-0.2, -0.15) is 0 Å². The van der Waals surface area contributed by atoms with E-state index >= 15 is 0 Å². The molecule has 0 spiro atoms. The van der Waals surface area contributed by atoms with Crippen molar-refractivity contribution in [3.8, 4) is 39.1 Å². The van der Waals surface area contributed by atoms with Crippen LogP contribution in [0, 0.1) is 6.92 Å². The zero-order valence-corrected chi connectivity index (χ0v) is 27.0. The molecule has 1 aliphatic heterocycles. The second kappa shape index (κ2) is 10.8. The maximum absolute atomic E-state index is 4.96. The van der Waals surface area contributed by atoms with Crippen molar-refractivity contribution >= 4 is 49.6 Å². The summed E-state index contributed by atoms with van der Waals surface area (Å²) in [6.07, 6.45) is 0. The fraction of sp³-hybridized carbons (Fsp3) is 0.0217. The molecule has 10 rings (SSSR count). The molecule has 0 radical (unpaired) electrons. The van der Waals surface area contributed by atoms with Crippen LogP contribution in [0.1, 0.15) is 5.82 Å². The van der Waals surface area contributed by atoms with E-state index < -0.39 is 0 Å². The highest BCUT2D eigenvalue weighted by atomic mass is 15.2. The lowest BCUT2D eigenvalue weighted by atomic mass is 9.91. The number of fused-ring (bicyclic) bond motifs is 4. The Hall–Kier alpha value is -6.45. The van der Waals surface area contributed by atoms with E-state index in [0.29, 0.717) is 0 Å². The van der Waals surface area contributed by atoms with Gasteiger partial charge in [-0.1, -0.05) is 103 Å². The van der Waals surface area contributed by atoms with Crippen LogP contribution in [-0.2, 0) is 0 Å². The van der Waals surface area contributed by atoms with E-state index in [4.69, 9.17) is 4.98 Å². The Labute approximate surface area is 285 Å². The molecule has 0 fully saturated rings. The molecule has 230 valence electrons. The number of benzene rings is 8. The summed E-state index contributed by atoms with van der Waals surface area (Å²) in [6.45, 7) is 2.10. The number of rotatable bonds is 4. The molecule has 0 unspecified atom stereocenters. The molecule has 0 amide bonds. The number of imidazole rings is 1. The quantitative estimate of drug-likeness (QED) is 0.194. The first-order chi connectivity index (χ1) is 24.2. The van der Waals surface area contributed by atoms with Gasteiger partial charge < -0.3 is 4.90 Å². The first-order valence-corrected chi connectivity index (χ1v) is 16.8. The molecule has 3 heteroatoms. The van der Waals surface area contributed by atoms with Crippen LogP contribution >= 0.6 is 0 Å². The average Bonchev–Trinajstić information content (AvgIpc) is 3.51. The minimum Gasteiger partial charge on any atom is -0.306 e. The van der Waals surface area contributed by atoms with Gasteiger partial charge in [-0.3, -0.25) is 4.57 Å². The molecule has 0 saturated heterocycles. The molecule has 3 nitrogen and oxygen atoms in total. The molecule has 1 aliphatic rings. The molecular formula is C46H31N3. The van der Waals surface area contributed by atoms with E-state index in [2.05, 4.69) is 186 Å². The van der Waals surface area contributed by atoms with Crippen LogP contribution in [-0.4, -0.2) is 9.55 Å². The fourth-order valence-electron chi connectivity index (χ4n) is 7.62. The van der Waals surface area contributed by atoms with Gasteiger partial charge in [0.25, 0.3) is 0 Å². The van der Waals surface area contributed by atoms with Gasteiger partial charge in [0.15, 0.2) is 0 Å². The Morgan fingerprint density at radius 3 is 1.57 bits per heavy atom. The van der Waals surface area contributed by atoms with E-state index in [1.165, 1.54) is 49.4 Å². The third kappa shape index (κ3) is 4.47. The third-order valence-electron chi connectivity index (χ3n) is 9.97. The second-order valence-corrected chi connectivity index (χ2v) is 12.9. The first kappa shape index (κ1) is 27.6. The normalized spacial score (nSPS) is 12.1. The van der Waals surface area contributed by atoms with Crippen molar-refractivity contribution in [1.29, 1.82) is 0 Å². The van der Waals surface area contributed by atoms with Crippen molar-refractivity contribution in [2.24, 2.45) is 0 Å². The van der Waals surface area contributed by atoms with E-state index in [9.17, 15) is 0 Å². The van der Waals surface area contributed by atoms with Crippen LogP contribution in [0.25, 0.3) is 71.6 Å². The zero-order valence-electron chi connectivity index (χ0n) is 27.0. The molecular weight excluding hydrogens is 595 g/mol. The van der Waals surface area contributed by atoms with Gasteiger partial charge in [0.1, 0.15) is 5.82 Å². The van der Waals surface area contributed by atoms with Crippen LogP contribution in [0.15, 0.2) is 170 Å². The fourth-order valence-corrected chi connectivity index (χ4v) is 7.62. The lowest BCUT2D eigenvalue weighted by Crippen LogP contribution is -2.18. The number of aromatic nitrogens is 2. The summed E-state index contributed by atoms with van der Waals surface area (Å²) < 4.78 is 2.31. The standard InChI is InChI=1S/C46H31N3/c1-30-47-42-16-9-17-44-46(42)48(30)43-23-22-37(29-45(43)49(44)41-14-3-2-4-15-41)40-27-38(35-20-18-31-10-5-7-12-33(31)24-35)26-39(28-40)36-21-19-32-11-6-8-13-34(32)25-36/h2-29H,1H3. The summed E-state index contributed by atoms with van der Waals surface area (Å²) in [5, 5.41) is 4.98. The second-order valence-electron chi connectivity index (χ2n) is 12.9. The Balaban J connectivity index is 1.20. The van der Waals surface area contributed by atoms with Crippen molar-refractivity contribution in [1.82, 2.24) is 9.55 Å². The molecule has 0 N–H and O–H groups in total. The molecule has 0 atom stereocenters. The van der Waals surface area contributed by atoms with Crippen molar-refractivity contribution < 1.29 is 0 Å². The minimum absolute atomic E-state index is 0.987. The van der Waals surface area contributed by atoms with Gasteiger partial charge in [-0.05, 0) is 129 Å². The predicted molar refractivity (Wildman–Crippen MR) is 205 cm³/mol.